The summed E-state index contributed by atoms with van der Waals surface area (Å²) in [7, 11) is 0. The highest BCUT2D eigenvalue weighted by atomic mass is 35.5. The summed E-state index contributed by atoms with van der Waals surface area (Å²) in [5.74, 6) is 0.889. The number of hydrogen-bond acceptors (Lipinski definition) is 2. The van der Waals surface area contributed by atoms with Crippen LogP contribution in [0.2, 0.25) is 5.02 Å². The number of benzene rings is 1. The van der Waals surface area contributed by atoms with E-state index in [1.807, 2.05) is 32.0 Å². The van der Waals surface area contributed by atoms with E-state index in [1.165, 1.54) is 0 Å². The minimum atomic E-state index is 0.0941. The largest absolute Gasteiger partial charge is 0.300 e. The third-order valence-corrected chi connectivity index (χ3v) is 4.37. The van der Waals surface area contributed by atoms with Gasteiger partial charge in [-0.25, -0.2) is 0 Å². The fourth-order valence-corrected chi connectivity index (χ4v) is 3.10. The maximum Gasteiger partial charge on any atom is 0.240 e. The first-order valence-corrected chi connectivity index (χ1v) is 6.75. The Bertz CT molecular complexity index is 421. The molecule has 0 N–H and O–H groups in total. The Morgan fingerprint density at radius 1 is 1.56 bits per heavy atom. The molecule has 2 nitrogen and oxygen atoms in total. The highest BCUT2D eigenvalue weighted by Gasteiger charge is 2.32. The number of halogens is 1. The Labute approximate surface area is 105 Å². The van der Waals surface area contributed by atoms with Crippen LogP contribution >= 0.6 is 23.4 Å². The Morgan fingerprint density at radius 2 is 2.31 bits per heavy atom. The van der Waals surface area contributed by atoms with Crippen molar-refractivity contribution < 1.29 is 4.79 Å². The number of hydrogen-bond donors (Lipinski definition) is 0. The molecule has 0 aromatic heterocycles. The molecule has 0 spiro atoms. The summed E-state index contributed by atoms with van der Waals surface area (Å²) in [5.41, 5.74) is 1.97. The second-order valence-electron chi connectivity index (χ2n) is 3.91. The molecule has 1 saturated heterocycles. The summed E-state index contributed by atoms with van der Waals surface area (Å²) in [6.45, 7) is 4.04. The standard InChI is InChI=1S/C12H14ClNOS/c1-3-11-12(15)14(7-16-11)10-6-8(2)4-5-9(10)13/h4-6,11H,3,7H2,1-2H3. The van der Waals surface area contributed by atoms with Gasteiger partial charge >= 0.3 is 0 Å². The van der Waals surface area contributed by atoms with E-state index in [0.717, 1.165) is 17.7 Å². The summed E-state index contributed by atoms with van der Waals surface area (Å²) < 4.78 is 0. The van der Waals surface area contributed by atoms with E-state index in [-0.39, 0.29) is 11.2 Å². The topological polar surface area (TPSA) is 20.3 Å². The number of carbonyl (C=O) groups is 1. The molecule has 1 aliphatic heterocycles. The van der Waals surface area contributed by atoms with Crippen LogP contribution in [-0.2, 0) is 4.79 Å². The van der Waals surface area contributed by atoms with Crippen molar-refractivity contribution in [3.05, 3.63) is 28.8 Å². The molecule has 1 aromatic rings. The van der Waals surface area contributed by atoms with Crippen LogP contribution in [0.4, 0.5) is 5.69 Å². The smallest absolute Gasteiger partial charge is 0.240 e. The first-order chi connectivity index (χ1) is 7.63. The van der Waals surface area contributed by atoms with Crippen LogP contribution in [0.3, 0.4) is 0 Å². The highest BCUT2D eigenvalue weighted by Crippen LogP contribution is 2.35. The van der Waals surface area contributed by atoms with Crippen LogP contribution in [0.1, 0.15) is 18.9 Å². The molecular weight excluding hydrogens is 242 g/mol. The van der Waals surface area contributed by atoms with Gasteiger partial charge in [0, 0.05) is 0 Å². The molecule has 86 valence electrons. The molecule has 1 unspecified atom stereocenters. The summed E-state index contributed by atoms with van der Waals surface area (Å²) in [6.07, 6.45) is 0.878. The van der Waals surface area contributed by atoms with Crippen molar-refractivity contribution in [3.8, 4) is 0 Å². The summed E-state index contributed by atoms with van der Waals surface area (Å²) in [6, 6.07) is 5.78. The highest BCUT2D eigenvalue weighted by molar-refractivity contribution is 8.01. The zero-order valence-corrected chi connectivity index (χ0v) is 10.9. The van der Waals surface area contributed by atoms with Crippen molar-refractivity contribution in [3.63, 3.8) is 0 Å². The number of thioether (sulfide) groups is 1. The maximum atomic E-state index is 12.0. The molecule has 1 aliphatic rings. The Morgan fingerprint density at radius 3 is 2.94 bits per heavy atom. The van der Waals surface area contributed by atoms with Gasteiger partial charge in [0.1, 0.15) is 0 Å². The molecule has 1 amide bonds. The normalized spacial score (nSPS) is 20.6. The Hall–Kier alpha value is -0.670. The first-order valence-electron chi connectivity index (χ1n) is 5.32. The van der Waals surface area contributed by atoms with Gasteiger partial charge in [-0.15, -0.1) is 11.8 Å². The quantitative estimate of drug-likeness (QED) is 0.807. The van der Waals surface area contributed by atoms with Crippen LogP contribution < -0.4 is 4.90 Å². The van der Waals surface area contributed by atoms with Crippen molar-refractivity contribution in [1.29, 1.82) is 0 Å². The predicted molar refractivity (Wildman–Crippen MR) is 70.2 cm³/mol. The van der Waals surface area contributed by atoms with Crippen LogP contribution in [0.25, 0.3) is 0 Å². The van der Waals surface area contributed by atoms with Gasteiger partial charge in [-0.3, -0.25) is 4.79 Å². The monoisotopic (exact) mass is 255 g/mol. The number of aryl methyl sites for hydroxylation is 1. The molecular formula is C12H14ClNOS. The average Bonchev–Trinajstić information content (AvgIpc) is 2.63. The van der Waals surface area contributed by atoms with Crippen LogP contribution in [0.5, 0.6) is 0 Å². The van der Waals surface area contributed by atoms with Gasteiger partial charge in [0.05, 0.1) is 21.8 Å². The van der Waals surface area contributed by atoms with E-state index < -0.39 is 0 Å². The molecule has 0 radical (unpaired) electrons. The van der Waals surface area contributed by atoms with Crippen molar-refractivity contribution in [2.75, 3.05) is 10.8 Å². The molecule has 16 heavy (non-hydrogen) atoms. The van der Waals surface area contributed by atoms with Gasteiger partial charge in [0.25, 0.3) is 0 Å². The van der Waals surface area contributed by atoms with Crippen LogP contribution in [0.15, 0.2) is 18.2 Å². The van der Waals surface area contributed by atoms with E-state index >= 15 is 0 Å². The van der Waals surface area contributed by atoms with Gasteiger partial charge in [0.2, 0.25) is 5.91 Å². The SMILES string of the molecule is CCC1SCN(c2cc(C)ccc2Cl)C1=O. The van der Waals surface area contributed by atoms with Gasteiger partial charge in [-0.05, 0) is 31.0 Å². The number of carbonyl (C=O) groups excluding carboxylic acids is 1. The summed E-state index contributed by atoms with van der Waals surface area (Å²) >= 11 is 7.82. The van der Waals surface area contributed by atoms with E-state index in [1.54, 1.807) is 16.7 Å². The number of rotatable bonds is 2. The van der Waals surface area contributed by atoms with Crippen molar-refractivity contribution in [2.24, 2.45) is 0 Å². The first kappa shape index (κ1) is 11.8. The van der Waals surface area contributed by atoms with Crippen molar-refractivity contribution in [1.82, 2.24) is 0 Å². The predicted octanol–water partition coefficient (Wildman–Crippen LogP) is 3.46. The lowest BCUT2D eigenvalue weighted by Crippen LogP contribution is -2.29. The molecule has 2 rings (SSSR count). The zero-order chi connectivity index (χ0) is 11.7. The fourth-order valence-electron chi connectivity index (χ4n) is 1.78. The fraction of sp³-hybridized carbons (Fsp3) is 0.417. The molecule has 1 aromatic carbocycles. The average molecular weight is 256 g/mol. The Kier molecular flexibility index (Phi) is 3.45. The maximum absolute atomic E-state index is 12.0. The molecule has 0 saturated carbocycles. The number of nitrogens with zero attached hydrogens (tertiary/aromatic N) is 1. The van der Waals surface area contributed by atoms with Gasteiger partial charge in [-0.1, -0.05) is 24.6 Å². The summed E-state index contributed by atoms with van der Waals surface area (Å²) in [5, 5.41) is 0.743. The lowest BCUT2D eigenvalue weighted by atomic mass is 10.2. The molecule has 1 fully saturated rings. The summed E-state index contributed by atoms with van der Waals surface area (Å²) in [4.78, 5) is 13.8. The second kappa shape index (κ2) is 4.68. The van der Waals surface area contributed by atoms with Gasteiger partial charge in [0.15, 0.2) is 0 Å². The molecule has 0 bridgehead atoms. The second-order valence-corrected chi connectivity index (χ2v) is 5.48. The molecule has 1 heterocycles. The van der Waals surface area contributed by atoms with Crippen LogP contribution in [0, 0.1) is 6.92 Å². The van der Waals surface area contributed by atoms with Crippen molar-refractivity contribution >= 4 is 35.0 Å². The minimum Gasteiger partial charge on any atom is -0.300 e. The number of anilines is 1. The lowest BCUT2D eigenvalue weighted by molar-refractivity contribution is -0.117. The minimum absolute atomic E-state index is 0.0941. The van der Waals surface area contributed by atoms with E-state index in [4.69, 9.17) is 11.6 Å². The zero-order valence-electron chi connectivity index (χ0n) is 9.37. The third-order valence-electron chi connectivity index (χ3n) is 2.71. The third kappa shape index (κ3) is 2.06. The molecule has 0 aliphatic carbocycles. The number of amides is 1. The van der Waals surface area contributed by atoms with Crippen LogP contribution in [-0.4, -0.2) is 17.0 Å². The van der Waals surface area contributed by atoms with E-state index in [2.05, 4.69) is 0 Å². The Balaban J connectivity index is 2.32. The lowest BCUT2D eigenvalue weighted by Gasteiger charge is -2.17. The van der Waals surface area contributed by atoms with E-state index in [0.29, 0.717) is 10.9 Å². The van der Waals surface area contributed by atoms with E-state index in [9.17, 15) is 4.79 Å². The molecule has 1 atom stereocenters. The van der Waals surface area contributed by atoms with Gasteiger partial charge in [-0.2, -0.15) is 0 Å². The van der Waals surface area contributed by atoms with Crippen molar-refractivity contribution in [2.45, 2.75) is 25.5 Å². The van der Waals surface area contributed by atoms with Gasteiger partial charge < -0.3 is 4.90 Å². The molecule has 4 heteroatoms.